The monoisotopic (exact) mass is 289 g/mol. The van der Waals surface area contributed by atoms with Gasteiger partial charge in [0.1, 0.15) is 11.5 Å². The molecular formula is C17H23NO3. The van der Waals surface area contributed by atoms with Crippen molar-refractivity contribution >= 4 is 5.91 Å². The Hall–Kier alpha value is -1.71. The second-order valence-electron chi connectivity index (χ2n) is 5.72. The van der Waals surface area contributed by atoms with Crippen LogP contribution in [0.1, 0.15) is 37.7 Å². The van der Waals surface area contributed by atoms with Crippen LogP contribution in [0.5, 0.6) is 11.5 Å². The number of nitrogens with zero attached hydrogens (tertiary/aromatic N) is 1. The molecular weight excluding hydrogens is 266 g/mol. The van der Waals surface area contributed by atoms with Crippen LogP contribution in [0.2, 0.25) is 0 Å². The first kappa shape index (κ1) is 14.2. The third kappa shape index (κ3) is 3.49. The van der Waals surface area contributed by atoms with Crippen molar-refractivity contribution in [2.24, 2.45) is 0 Å². The maximum absolute atomic E-state index is 12.1. The molecule has 0 unspecified atom stereocenters. The van der Waals surface area contributed by atoms with Crippen LogP contribution in [-0.4, -0.2) is 37.1 Å². The highest BCUT2D eigenvalue weighted by atomic mass is 16.5. The highest BCUT2D eigenvalue weighted by Crippen LogP contribution is 2.32. The lowest BCUT2D eigenvalue weighted by molar-refractivity contribution is -0.132. The van der Waals surface area contributed by atoms with Crippen LogP contribution in [0.4, 0.5) is 0 Å². The molecule has 0 spiro atoms. The van der Waals surface area contributed by atoms with Gasteiger partial charge in [-0.3, -0.25) is 4.79 Å². The molecule has 1 saturated heterocycles. The second-order valence-corrected chi connectivity index (χ2v) is 5.72. The molecule has 114 valence electrons. The third-order valence-electron chi connectivity index (χ3n) is 4.20. The van der Waals surface area contributed by atoms with Crippen molar-refractivity contribution in [3.8, 4) is 11.5 Å². The molecule has 0 aliphatic carbocycles. The number of carbonyl (C=O) groups is 1. The minimum absolute atomic E-state index is 0.218. The predicted octanol–water partition coefficient (Wildman–Crippen LogP) is 2.79. The fourth-order valence-electron chi connectivity index (χ4n) is 3.04. The van der Waals surface area contributed by atoms with Gasteiger partial charge in [-0.15, -0.1) is 0 Å². The van der Waals surface area contributed by atoms with Crippen molar-refractivity contribution in [2.75, 3.05) is 26.3 Å². The lowest BCUT2D eigenvalue weighted by Gasteiger charge is -2.26. The number of ether oxygens (including phenoxy) is 2. The fraction of sp³-hybridized carbons (Fsp3) is 0.588. The first-order valence-electron chi connectivity index (χ1n) is 8.00. The Kier molecular flexibility index (Phi) is 4.63. The summed E-state index contributed by atoms with van der Waals surface area (Å²) in [6.07, 6.45) is 6.00. The van der Waals surface area contributed by atoms with E-state index in [4.69, 9.17) is 9.47 Å². The SMILES string of the molecule is O=C(CCOc1cccc2c1CCCO2)N1CCCCC1. The van der Waals surface area contributed by atoms with E-state index >= 15 is 0 Å². The average Bonchev–Trinajstić information content (AvgIpc) is 2.56. The number of benzene rings is 1. The summed E-state index contributed by atoms with van der Waals surface area (Å²) >= 11 is 0. The van der Waals surface area contributed by atoms with Gasteiger partial charge in [-0.25, -0.2) is 0 Å². The van der Waals surface area contributed by atoms with Crippen LogP contribution in [0.25, 0.3) is 0 Å². The molecule has 2 aliphatic heterocycles. The Labute approximate surface area is 126 Å². The van der Waals surface area contributed by atoms with Gasteiger partial charge in [0.05, 0.1) is 19.6 Å². The zero-order valence-corrected chi connectivity index (χ0v) is 12.5. The van der Waals surface area contributed by atoms with Crippen LogP contribution in [0, 0.1) is 0 Å². The highest BCUT2D eigenvalue weighted by Gasteiger charge is 2.18. The summed E-state index contributed by atoms with van der Waals surface area (Å²) in [5.41, 5.74) is 1.15. The van der Waals surface area contributed by atoms with E-state index in [2.05, 4.69) is 0 Å². The smallest absolute Gasteiger partial charge is 0.225 e. The highest BCUT2D eigenvalue weighted by molar-refractivity contribution is 5.76. The first-order chi connectivity index (χ1) is 10.3. The van der Waals surface area contributed by atoms with Gasteiger partial charge in [0.2, 0.25) is 5.91 Å². The van der Waals surface area contributed by atoms with Crippen molar-refractivity contribution in [3.63, 3.8) is 0 Å². The standard InChI is InChI=1S/C17H23NO3/c19-17(18-10-2-1-3-11-18)9-13-21-16-8-4-7-15-14(16)6-5-12-20-15/h4,7-8H,1-3,5-6,9-13H2. The van der Waals surface area contributed by atoms with Crippen LogP contribution in [0.3, 0.4) is 0 Å². The number of piperidine rings is 1. The van der Waals surface area contributed by atoms with Gasteiger partial charge in [0.15, 0.2) is 0 Å². The van der Waals surface area contributed by atoms with E-state index < -0.39 is 0 Å². The molecule has 2 aliphatic rings. The third-order valence-corrected chi connectivity index (χ3v) is 4.20. The van der Waals surface area contributed by atoms with Crippen molar-refractivity contribution < 1.29 is 14.3 Å². The molecule has 0 saturated carbocycles. The molecule has 0 N–H and O–H groups in total. The van der Waals surface area contributed by atoms with E-state index in [1.807, 2.05) is 23.1 Å². The molecule has 0 atom stereocenters. The number of rotatable bonds is 4. The number of carbonyl (C=O) groups excluding carboxylic acids is 1. The Balaban J connectivity index is 1.52. The summed E-state index contributed by atoms with van der Waals surface area (Å²) in [4.78, 5) is 14.1. The van der Waals surface area contributed by atoms with E-state index in [1.54, 1.807) is 0 Å². The molecule has 1 fully saturated rings. The van der Waals surface area contributed by atoms with Crippen molar-refractivity contribution in [2.45, 2.75) is 38.5 Å². The van der Waals surface area contributed by atoms with Gasteiger partial charge in [0, 0.05) is 18.7 Å². The average molecular weight is 289 g/mol. The quantitative estimate of drug-likeness (QED) is 0.855. The number of likely N-dealkylation sites (tertiary alicyclic amines) is 1. The topological polar surface area (TPSA) is 38.8 Å². The van der Waals surface area contributed by atoms with Crippen molar-refractivity contribution in [3.05, 3.63) is 23.8 Å². The molecule has 4 nitrogen and oxygen atoms in total. The summed E-state index contributed by atoms with van der Waals surface area (Å²) in [5, 5.41) is 0. The molecule has 1 aromatic rings. The Morgan fingerprint density at radius 1 is 1.19 bits per heavy atom. The van der Waals surface area contributed by atoms with E-state index in [0.717, 1.165) is 62.4 Å². The molecule has 4 heteroatoms. The van der Waals surface area contributed by atoms with E-state index in [1.165, 1.54) is 6.42 Å². The van der Waals surface area contributed by atoms with Gasteiger partial charge < -0.3 is 14.4 Å². The predicted molar refractivity (Wildman–Crippen MR) is 80.8 cm³/mol. The van der Waals surface area contributed by atoms with Gasteiger partial charge >= 0.3 is 0 Å². The lowest BCUT2D eigenvalue weighted by atomic mass is 10.1. The zero-order chi connectivity index (χ0) is 14.5. The molecule has 0 radical (unpaired) electrons. The summed E-state index contributed by atoms with van der Waals surface area (Å²) in [6.45, 7) is 3.05. The second kappa shape index (κ2) is 6.83. The van der Waals surface area contributed by atoms with Crippen LogP contribution in [-0.2, 0) is 11.2 Å². The number of hydrogen-bond donors (Lipinski definition) is 0. The Morgan fingerprint density at radius 3 is 2.90 bits per heavy atom. The van der Waals surface area contributed by atoms with Crippen molar-refractivity contribution in [1.82, 2.24) is 4.90 Å². The zero-order valence-electron chi connectivity index (χ0n) is 12.5. The molecule has 0 bridgehead atoms. The normalized spacial score (nSPS) is 17.8. The molecule has 1 aromatic carbocycles. The molecule has 21 heavy (non-hydrogen) atoms. The number of hydrogen-bond acceptors (Lipinski definition) is 3. The maximum Gasteiger partial charge on any atom is 0.225 e. The van der Waals surface area contributed by atoms with Gasteiger partial charge in [-0.2, -0.15) is 0 Å². The fourth-order valence-corrected chi connectivity index (χ4v) is 3.04. The van der Waals surface area contributed by atoms with Crippen LogP contribution in [0.15, 0.2) is 18.2 Å². The maximum atomic E-state index is 12.1. The Bertz CT molecular complexity index is 495. The molecule has 0 aromatic heterocycles. The summed E-state index contributed by atoms with van der Waals surface area (Å²) < 4.78 is 11.5. The van der Waals surface area contributed by atoms with Crippen molar-refractivity contribution in [1.29, 1.82) is 0 Å². The molecule has 2 heterocycles. The number of fused-ring (bicyclic) bond motifs is 1. The minimum atomic E-state index is 0.218. The van der Waals surface area contributed by atoms with Gasteiger partial charge in [0.25, 0.3) is 0 Å². The van der Waals surface area contributed by atoms with Crippen LogP contribution < -0.4 is 9.47 Å². The summed E-state index contributed by atoms with van der Waals surface area (Å²) in [7, 11) is 0. The lowest BCUT2D eigenvalue weighted by Crippen LogP contribution is -2.36. The van der Waals surface area contributed by atoms with Gasteiger partial charge in [-0.05, 0) is 44.2 Å². The van der Waals surface area contributed by atoms with Gasteiger partial charge in [-0.1, -0.05) is 6.07 Å². The molecule has 1 amide bonds. The summed E-state index contributed by atoms with van der Waals surface area (Å²) in [5.74, 6) is 2.02. The van der Waals surface area contributed by atoms with E-state index in [-0.39, 0.29) is 5.91 Å². The van der Waals surface area contributed by atoms with E-state index in [9.17, 15) is 4.79 Å². The molecule has 3 rings (SSSR count). The minimum Gasteiger partial charge on any atom is -0.493 e. The number of amides is 1. The summed E-state index contributed by atoms with van der Waals surface area (Å²) in [6, 6.07) is 5.91. The van der Waals surface area contributed by atoms with Crippen LogP contribution >= 0.6 is 0 Å². The first-order valence-corrected chi connectivity index (χ1v) is 8.00. The van der Waals surface area contributed by atoms with E-state index in [0.29, 0.717) is 13.0 Å². The largest absolute Gasteiger partial charge is 0.493 e. The Morgan fingerprint density at radius 2 is 2.05 bits per heavy atom.